The summed E-state index contributed by atoms with van der Waals surface area (Å²) in [5, 5.41) is 5.33. The number of carbonyl (C=O) groups is 3. The van der Waals surface area contributed by atoms with Crippen LogP contribution in [0.5, 0.6) is 17.2 Å². The van der Waals surface area contributed by atoms with Crippen molar-refractivity contribution in [3.05, 3.63) is 77.9 Å². The molecule has 3 aromatic carbocycles. The highest BCUT2D eigenvalue weighted by Crippen LogP contribution is 2.25. The lowest BCUT2D eigenvalue weighted by molar-refractivity contribution is -0.147. The summed E-state index contributed by atoms with van der Waals surface area (Å²) in [6.45, 7) is 3.62. The van der Waals surface area contributed by atoms with Gasteiger partial charge in [0, 0.05) is 17.8 Å². The maximum Gasteiger partial charge on any atom is 0.306 e. The number of ether oxygens (including phenoxy) is 3. The van der Waals surface area contributed by atoms with Gasteiger partial charge in [-0.2, -0.15) is 0 Å². The van der Waals surface area contributed by atoms with Gasteiger partial charge in [-0.05, 0) is 85.6 Å². The monoisotopic (exact) mass is 476 g/mol. The number of anilines is 2. The zero-order chi connectivity index (χ0) is 25.2. The van der Waals surface area contributed by atoms with E-state index in [-0.39, 0.29) is 18.7 Å². The zero-order valence-corrected chi connectivity index (χ0v) is 19.9. The zero-order valence-electron chi connectivity index (χ0n) is 19.9. The predicted octanol–water partition coefficient (Wildman–Crippen LogP) is 5.00. The molecule has 0 aliphatic carbocycles. The van der Waals surface area contributed by atoms with Crippen molar-refractivity contribution < 1.29 is 28.6 Å². The number of methoxy groups -OCH3 is 1. The highest BCUT2D eigenvalue weighted by Gasteiger charge is 2.11. The Kier molecular flexibility index (Phi) is 8.83. The SMILES string of the molecule is COc1ccc(NC(=O)COC(=O)CCC(=O)Nc2ccc(Oc3ccc(C)c(C)c3)cc2)cc1. The van der Waals surface area contributed by atoms with Gasteiger partial charge in [0.15, 0.2) is 6.61 Å². The molecule has 8 nitrogen and oxygen atoms in total. The van der Waals surface area contributed by atoms with Crippen LogP contribution in [0.15, 0.2) is 66.7 Å². The second-order valence-corrected chi connectivity index (χ2v) is 7.86. The highest BCUT2D eigenvalue weighted by atomic mass is 16.5. The maximum absolute atomic E-state index is 12.2. The van der Waals surface area contributed by atoms with Gasteiger partial charge in [0.05, 0.1) is 13.5 Å². The number of rotatable bonds is 10. The van der Waals surface area contributed by atoms with E-state index in [1.165, 1.54) is 5.56 Å². The third-order valence-electron chi connectivity index (χ3n) is 5.15. The molecule has 35 heavy (non-hydrogen) atoms. The molecule has 3 aromatic rings. The molecule has 0 saturated heterocycles. The lowest BCUT2D eigenvalue weighted by atomic mass is 10.1. The fourth-order valence-electron chi connectivity index (χ4n) is 3.05. The van der Waals surface area contributed by atoms with E-state index in [0.717, 1.165) is 11.3 Å². The largest absolute Gasteiger partial charge is 0.497 e. The van der Waals surface area contributed by atoms with Crippen LogP contribution in [0.1, 0.15) is 24.0 Å². The Hall–Kier alpha value is -4.33. The molecule has 0 bridgehead atoms. The molecule has 0 atom stereocenters. The number of hydrogen-bond donors (Lipinski definition) is 2. The molecule has 0 fully saturated rings. The van der Waals surface area contributed by atoms with Crippen LogP contribution in [0.2, 0.25) is 0 Å². The van der Waals surface area contributed by atoms with Crippen molar-refractivity contribution >= 4 is 29.2 Å². The van der Waals surface area contributed by atoms with Gasteiger partial charge in [-0.1, -0.05) is 6.07 Å². The number of esters is 1. The molecule has 0 aliphatic heterocycles. The van der Waals surface area contributed by atoms with Crippen molar-refractivity contribution in [2.24, 2.45) is 0 Å². The molecule has 3 rings (SSSR count). The van der Waals surface area contributed by atoms with Crippen molar-refractivity contribution in [1.82, 2.24) is 0 Å². The molecule has 0 spiro atoms. The molecule has 0 unspecified atom stereocenters. The third-order valence-corrected chi connectivity index (χ3v) is 5.15. The molecule has 0 aromatic heterocycles. The van der Waals surface area contributed by atoms with Crippen LogP contribution in [0.3, 0.4) is 0 Å². The Morgan fingerprint density at radius 3 is 1.86 bits per heavy atom. The van der Waals surface area contributed by atoms with Gasteiger partial charge >= 0.3 is 5.97 Å². The molecule has 2 amide bonds. The summed E-state index contributed by atoms with van der Waals surface area (Å²) in [5.74, 6) is 0.587. The van der Waals surface area contributed by atoms with Crippen LogP contribution in [0.25, 0.3) is 0 Å². The minimum Gasteiger partial charge on any atom is -0.497 e. The van der Waals surface area contributed by atoms with Gasteiger partial charge in [-0.3, -0.25) is 14.4 Å². The van der Waals surface area contributed by atoms with Gasteiger partial charge in [0.1, 0.15) is 17.2 Å². The maximum atomic E-state index is 12.2. The third kappa shape index (κ3) is 8.19. The van der Waals surface area contributed by atoms with Crippen LogP contribution in [-0.4, -0.2) is 31.5 Å². The first kappa shape index (κ1) is 25.3. The summed E-state index contributed by atoms with van der Waals surface area (Å²) < 4.78 is 15.8. The molecule has 2 N–H and O–H groups in total. The number of benzene rings is 3. The Morgan fingerprint density at radius 2 is 1.26 bits per heavy atom. The Bertz CT molecular complexity index is 1170. The van der Waals surface area contributed by atoms with Crippen LogP contribution in [-0.2, 0) is 19.1 Å². The summed E-state index contributed by atoms with van der Waals surface area (Å²) in [5.41, 5.74) is 3.46. The molecular formula is C27H28N2O6. The molecule has 0 heterocycles. The Balaban J connectivity index is 1.37. The Morgan fingerprint density at radius 1 is 0.686 bits per heavy atom. The van der Waals surface area contributed by atoms with E-state index >= 15 is 0 Å². The van der Waals surface area contributed by atoms with Gasteiger partial charge in [-0.25, -0.2) is 0 Å². The fraction of sp³-hybridized carbons (Fsp3) is 0.222. The minimum absolute atomic E-state index is 0.0696. The normalized spacial score (nSPS) is 10.3. The smallest absolute Gasteiger partial charge is 0.306 e. The van der Waals surface area contributed by atoms with E-state index in [4.69, 9.17) is 14.2 Å². The van der Waals surface area contributed by atoms with E-state index in [1.807, 2.05) is 32.0 Å². The minimum atomic E-state index is -0.637. The van der Waals surface area contributed by atoms with Gasteiger partial charge in [0.25, 0.3) is 5.91 Å². The molecule has 8 heteroatoms. The number of aryl methyl sites for hydroxylation is 2. The first-order valence-electron chi connectivity index (χ1n) is 11.1. The average Bonchev–Trinajstić information content (AvgIpc) is 2.85. The Labute approximate surface area is 204 Å². The van der Waals surface area contributed by atoms with E-state index in [0.29, 0.717) is 22.9 Å². The first-order chi connectivity index (χ1) is 16.8. The fourth-order valence-corrected chi connectivity index (χ4v) is 3.05. The number of nitrogens with one attached hydrogen (secondary N) is 2. The molecular weight excluding hydrogens is 448 g/mol. The van der Waals surface area contributed by atoms with Crippen molar-refractivity contribution in [1.29, 1.82) is 0 Å². The predicted molar refractivity (Wildman–Crippen MR) is 133 cm³/mol. The topological polar surface area (TPSA) is 103 Å². The van der Waals surface area contributed by atoms with Crippen molar-refractivity contribution in [3.63, 3.8) is 0 Å². The van der Waals surface area contributed by atoms with Gasteiger partial charge < -0.3 is 24.8 Å². The van der Waals surface area contributed by atoms with E-state index in [1.54, 1.807) is 55.6 Å². The second kappa shape index (κ2) is 12.2. The van der Waals surface area contributed by atoms with E-state index in [2.05, 4.69) is 10.6 Å². The lowest BCUT2D eigenvalue weighted by Crippen LogP contribution is -2.21. The summed E-state index contributed by atoms with van der Waals surface area (Å²) in [4.78, 5) is 36.0. The number of carbonyl (C=O) groups excluding carboxylic acids is 3. The van der Waals surface area contributed by atoms with Gasteiger partial charge in [0.2, 0.25) is 5.91 Å². The lowest BCUT2D eigenvalue weighted by Gasteiger charge is -2.10. The van der Waals surface area contributed by atoms with Crippen LogP contribution in [0, 0.1) is 13.8 Å². The summed E-state index contributed by atoms with van der Waals surface area (Å²) in [7, 11) is 1.55. The summed E-state index contributed by atoms with van der Waals surface area (Å²) in [6.07, 6.45) is -0.213. The summed E-state index contributed by atoms with van der Waals surface area (Å²) in [6, 6.07) is 19.5. The van der Waals surface area contributed by atoms with Crippen LogP contribution < -0.4 is 20.1 Å². The number of hydrogen-bond acceptors (Lipinski definition) is 6. The molecule has 182 valence electrons. The quantitative estimate of drug-likeness (QED) is 0.399. The summed E-state index contributed by atoms with van der Waals surface area (Å²) >= 11 is 0. The van der Waals surface area contributed by atoms with Crippen molar-refractivity contribution in [2.75, 3.05) is 24.4 Å². The van der Waals surface area contributed by atoms with Crippen molar-refractivity contribution in [2.45, 2.75) is 26.7 Å². The molecule has 0 aliphatic rings. The second-order valence-electron chi connectivity index (χ2n) is 7.86. The van der Waals surface area contributed by atoms with E-state index in [9.17, 15) is 14.4 Å². The molecule has 0 saturated carbocycles. The standard InChI is InChI=1S/C27H28N2O6/c1-18-4-9-24(16-19(18)2)35-23-12-7-20(8-13-23)28-25(30)14-15-27(32)34-17-26(31)29-21-5-10-22(33-3)11-6-21/h4-13,16H,14-15,17H2,1-3H3,(H,28,30)(H,29,31). The number of amides is 2. The van der Waals surface area contributed by atoms with Crippen molar-refractivity contribution in [3.8, 4) is 17.2 Å². The van der Waals surface area contributed by atoms with Crippen LogP contribution in [0.4, 0.5) is 11.4 Å². The highest BCUT2D eigenvalue weighted by molar-refractivity contribution is 5.94. The molecule has 0 radical (unpaired) electrons. The van der Waals surface area contributed by atoms with E-state index < -0.39 is 18.5 Å². The first-order valence-corrected chi connectivity index (χ1v) is 11.1. The van der Waals surface area contributed by atoms with Gasteiger partial charge in [-0.15, -0.1) is 0 Å². The average molecular weight is 477 g/mol. The van der Waals surface area contributed by atoms with Crippen LogP contribution >= 0.6 is 0 Å².